The van der Waals surface area contributed by atoms with Crippen LogP contribution < -0.4 is 16.4 Å². The Labute approximate surface area is 164 Å². The van der Waals surface area contributed by atoms with Crippen LogP contribution in [0.4, 0.5) is 10.5 Å². The predicted octanol–water partition coefficient (Wildman–Crippen LogP) is 2.69. The van der Waals surface area contributed by atoms with E-state index in [2.05, 4.69) is 25.4 Å². The molecule has 0 bridgehead atoms. The lowest BCUT2D eigenvalue weighted by atomic mass is 10.0. The van der Waals surface area contributed by atoms with Crippen LogP contribution in [0.5, 0.6) is 0 Å². The van der Waals surface area contributed by atoms with Gasteiger partial charge in [-0.15, -0.1) is 10.2 Å². The van der Waals surface area contributed by atoms with Crippen molar-refractivity contribution in [3.8, 4) is 11.4 Å². The van der Waals surface area contributed by atoms with Crippen LogP contribution in [0.2, 0.25) is 0 Å². The monoisotopic (exact) mass is 384 g/mol. The number of amides is 3. The smallest absolute Gasteiger partial charge is 0.312 e. The number of hydrogen-bond acceptors (Lipinski definition) is 4. The SMILES string of the molecule is CC(C)C[C@@H](NC(N)=O)C(=O)Nc1cccc(-c2nnc3n2CCCCC3)c1. The zero-order valence-electron chi connectivity index (χ0n) is 16.4. The number of anilines is 1. The molecule has 0 spiro atoms. The van der Waals surface area contributed by atoms with Crippen LogP contribution in [0.3, 0.4) is 0 Å². The number of carbonyl (C=O) groups excluding carboxylic acids is 2. The maximum absolute atomic E-state index is 12.6. The van der Waals surface area contributed by atoms with Crippen molar-refractivity contribution in [1.82, 2.24) is 20.1 Å². The van der Waals surface area contributed by atoms with Gasteiger partial charge in [0.05, 0.1) is 0 Å². The van der Waals surface area contributed by atoms with E-state index in [-0.39, 0.29) is 11.8 Å². The van der Waals surface area contributed by atoms with Gasteiger partial charge < -0.3 is 20.9 Å². The number of benzene rings is 1. The minimum Gasteiger partial charge on any atom is -0.352 e. The van der Waals surface area contributed by atoms with E-state index in [1.807, 2.05) is 38.1 Å². The lowest BCUT2D eigenvalue weighted by Crippen LogP contribution is -2.46. The topological polar surface area (TPSA) is 115 Å². The first-order valence-corrected chi connectivity index (χ1v) is 9.83. The molecule has 0 aliphatic carbocycles. The normalized spacial score (nSPS) is 14.8. The molecule has 0 unspecified atom stereocenters. The number of aryl methyl sites for hydroxylation is 1. The average molecular weight is 384 g/mol. The summed E-state index contributed by atoms with van der Waals surface area (Å²) in [5, 5.41) is 14.1. The Morgan fingerprint density at radius 2 is 2.04 bits per heavy atom. The molecule has 2 aromatic rings. The number of primary amides is 1. The van der Waals surface area contributed by atoms with Crippen LogP contribution in [0.15, 0.2) is 24.3 Å². The molecular weight excluding hydrogens is 356 g/mol. The first kappa shape index (κ1) is 19.9. The Kier molecular flexibility index (Phi) is 6.28. The minimum atomic E-state index is -0.708. The van der Waals surface area contributed by atoms with Crippen molar-refractivity contribution in [1.29, 1.82) is 0 Å². The molecule has 0 saturated heterocycles. The van der Waals surface area contributed by atoms with Crippen molar-refractivity contribution in [2.75, 3.05) is 5.32 Å². The summed E-state index contributed by atoms with van der Waals surface area (Å²) in [4.78, 5) is 23.9. The van der Waals surface area contributed by atoms with Crippen LogP contribution in [0.25, 0.3) is 11.4 Å². The van der Waals surface area contributed by atoms with Crippen molar-refractivity contribution in [2.24, 2.45) is 11.7 Å². The van der Waals surface area contributed by atoms with E-state index in [9.17, 15) is 9.59 Å². The predicted molar refractivity (Wildman–Crippen MR) is 108 cm³/mol. The summed E-state index contributed by atoms with van der Waals surface area (Å²) in [6, 6.07) is 6.16. The maximum atomic E-state index is 12.6. The Hall–Kier alpha value is -2.90. The lowest BCUT2D eigenvalue weighted by Gasteiger charge is -2.19. The summed E-state index contributed by atoms with van der Waals surface area (Å²) in [5.41, 5.74) is 6.77. The number of fused-ring (bicyclic) bond motifs is 1. The molecule has 1 aliphatic rings. The van der Waals surface area contributed by atoms with Gasteiger partial charge in [0.15, 0.2) is 5.82 Å². The number of hydrogen-bond donors (Lipinski definition) is 3. The highest BCUT2D eigenvalue weighted by Gasteiger charge is 2.22. The van der Waals surface area contributed by atoms with Crippen molar-refractivity contribution in [3.05, 3.63) is 30.1 Å². The zero-order valence-corrected chi connectivity index (χ0v) is 16.4. The Balaban J connectivity index is 1.79. The van der Waals surface area contributed by atoms with Crippen molar-refractivity contribution < 1.29 is 9.59 Å². The van der Waals surface area contributed by atoms with Crippen LogP contribution in [0.1, 0.15) is 45.4 Å². The van der Waals surface area contributed by atoms with Gasteiger partial charge >= 0.3 is 6.03 Å². The Morgan fingerprint density at radius 3 is 2.79 bits per heavy atom. The molecule has 1 aromatic carbocycles. The van der Waals surface area contributed by atoms with Gasteiger partial charge in [0.2, 0.25) is 5.91 Å². The van der Waals surface area contributed by atoms with Gasteiger partial charge in [-0.3, -0.25) is 4.79 Å². The molecule has 0 fully saturated rings. The third-order valence-electron chi connectivity index (χ3n) is 4.84. The van der Waals surface area contributed by atoms with E-state index in [4.69, 9.17) is 5.73 Å². The van der Waals surface area contributed by atoms with Crippen LogP contribution >= 0.6 is 0 Å². The van der Waals surface area contributed by atoms with Crippen LogP contribution in [0, 0.1) is 5.92 Å². The van der Waals surface area contributed by atoms with E-state index >= 15 is 0 Å². The van der Waals surface area contributed by atoms with Crippen LogP contribution in [-0.2, 0) is 17.8 Å². The van der Waals surface area contributed by atoms with Gasteiger partial charge in [0, 0.05) is 24.2 Å². The van der Waals surface area contributed by atoms with E-state index in [0.29, 0.717) is 12.1 Å². The number of aromatic nitrogens is 3. The number of nitrogens with zero attached hydrogens (tertiary/aromatic N) is 3. The summed E-state index contributed by atoms with van der Waals surface area (Å²) >= 11 is 0. The fraction of sp³-hybridized carbons (Fsp3) is 0.500. The standard InChI is InChI=1S/C20H28N6O2/c1-13(2)11-16(23-20(21)28)19(27)22-15-8-6-7-14(12-15)18-25-24-17-9-4-3-5-10-26(17)18/h6-8,12-13,16H,3-5,9-11H2,1-2H3,(H,22,27)(H3,21,23,28)/t16-/m1/s1. The number of carbonyl (C=O) groups is 2. The highest BCUT2D eigenvalue weighted by atomic mass is 16.2. The molecule has 1 aliphatic heterocycles. The summed E-state index contributed by atoms with van der Waals surface area (Å²) in [5.74, 6) is 1.79. The number of urea groups is 1. The molecule has 1 atom stereocenters. The molecule has 8 nitrogen and oxygen atoms in total. The van der Waals surface area contributed by atoms with E-state index in [1.165, 1.54) is 6.42 Å². The highest BCUT2D eigenvalue weighted by molar-refractivity contribution is 5.97. The molecule has 28 heavy (non-hydrogen) atoms. The Bertz CT molecular complexity index is 845. The average Bonchev–Trinajstić information content (AvgIpc) is 2.89. The summed E-state index contributed by atoms with van der Waals surface area (Å²) < 4.78 is 2.17. The fourth-order valence-corrected chi connectivity index (χ4v) is 3.54. The summed E-state index contributed by atoms with van der Waals surface area (Å²) in [6.07, 6.45) is 4.90. The second kappa shape index (κ2) is 8.86. The van der Waals surface area contributed by atoms with Crippen molar-refractivity contribution in [3.63, 3.8) is 0 Å². The highest BCUT2D eigenvalue weighted by Crippen LogP contribution is 2.25. The maximum Gasteiger partial charge on any atom is 0.312 e. The van der Waals surface area contributed by atoms with Gasteiger partial charge in [-0.25, -0.2) is 4.79 Å². The lowest BCUT2D eigenvalue weighted by molar-refractivity contribution is -0.118. The van der Waals surface area contributed by atoms with Gasteiger partial charge in [-0.05, 0) is 37.3 Å². The number of rotatable bonds is 6. The van der Waals surface area contributed by atoms with E-state index in [1.54, 1.807) is 0 Å². The van der Waals surface area contributed by atoms with Gasteiger partial charge in [0.25, 0.3) is 0 Å². The first-order chi connectivity index (χ1) is 13.4. The van der Waals surface area contributed by atoms with Gasteiger partial charge in [-0.2, -0.15) is 0 Å². The number of nitrogens with one attached hydrogen (secondary N) is 2. The molecule has 3 amide bonds. The number of nitrogens with two attached hydrogens (primary N) is 1. The molecule has 0 radical (unpaired) electrons. The van der Waals surface area contributed by atoms with Gasteiger partial charge in [0.1, 0.15) is 11.9 Å². The molecule has 150 valence electrons. The van der Waals surface area contributed by atoms with Crippen molar-refractivity contribution >= 4 is 17.6 Å². The molecule has 4 N–H and O–H groups in total. The summed E-state index contributed by atoms with van der Waals surface area (Å²) in [6.45, 7) is 4.88. The second-order valence-corrected chi connectivity index (χ2v) is 7.66. The first-order valence-electron chi connectivity index (χ1n) is 9.83. The molecular formula is C20H28N6O2. The third-order valence-corrected chi connectivity index (χ3v) is 4.84. The van der Waals surface area contributed by atoms with Crippen LogP contribution in [-0.4, -0.2) is 32.7 Å². The Morgan fingerprint density at radius 1 is 1.21 bits per heavy atom. The molecule has 3 rings (SSSR count). The van der Waals surface area contributed by atoms with E-state index < -0.39 is 12.1 Å². The van der Waals surface area contributed by atoms with Gasteiger partial charge in [-0.1, -0.05) is 32.4 Å². The second-order valence-electron chi connectivity index (χ2n) is 7.66. The largest absolute Gasteiger partial charge is 0.352 e. The third kappa shape index (κ3) is 4.88. The minimum absolute atomic E-state index is 0.236. The molecule has 0 saturated carbocycles. The quantitative estimate of drug-likeness (QED) is 0.710. The molecule has 8 heteroatoms. The molecule has 2 heterocycles. The zero-order chi connectivity index (χ0) is 20.1. The summed E-state index contributed by atoms with van der Waals surface area (Å²) in [7, 11) is 0. The van der Waals surface area contributed by atoms with E-state index in [0.717, 1.165) is 43.0 Å². The van der Waals surface area contributed by atoms with Crippen molar-refractivity contribution in [2.45, 2.75) is 58.5 Å². The fourth-order valence-electron chi connectivity index (χ4n) is 3.54. The molecule has 1 aromatic heterocycles.